The van der Waals surface area contributed by atoms with Crippen molar-refractivity contribution in [2.45, 2.75) is 58.3 Å². The fourth-order valence-electron chi connectivity index (χ4n) is 1.99. The zero-order valence-corrected chi connectivity index (χ0v) is 13.3. The molecule has 0 heterocycles. The lowest BCUT2D eigenvalue weighted by Crippen LogP contribution is -1.97. The van der Waals surface area contributed by atoms with Gasteiger partial charge in [-0.25, -0.2) is 4.39 Å². The molecule has 1 nitrogen and oxygen atoms in total. The summed E-state index contributed by atoms with van der Waals surface area (Å²) >= 11 is 3.15. The van der Waals surface area contributed by atoms with E-state index in [4.69, 9.17) is 4.74 Å². The highest BCUT2D eigenvalue weighted by atomic mass is 79.9. The van der Waals surface area contributed by atoms with Crippen LogP contribution in [0.4, 0.5) is 4.39 Å². The molecular formula is C16H24BrFO. The van der Waals surface area contributed by atoms with Gasteiger partial charge in [-0.3, -0.25) is 0 Å². The standard InChI is InChI=1S/C16H24BrFO/c1-2-3-4-5-6-7-8-9-12-19-14-10-11-16(18)15(17)13-14/h10-11,13H,2-9,12H2,1H3. The van der Waals surface area contributed by atoms with Crippen LogP contribution >= 0.6 is 15.9 Å². The molecule has 0 unspecified atom stereocenters. The minimum Gasteiger partial charge on any atom is -0.494 e. The number of halogens is 2. The minimum atomic E-state index is -0.251. The van der Waals surface area contributed by atoms with Crippen molar-refractivity contribution in [2.24, 2.45) is 0 Å². The van der Waals surface area contributed by atoms with Crippen molar-refractivity contribution in [3.8, 4) is 5.75 Å². The van der Waals surface area contributed by atoms with Crippen molar-refractivity contribution in [2.75, 3.05) is 6.61 Å². The van der Waals surface area contributed by atoms with Crippen molar-refractivity contribution in [3.05, 3.63) is 28.5 Å². The van der Waals surface area contributed by atoms with Crippen LogP contribution in [0.5, 0.6) is 5.75 Å². The largest absolute Gasteiger partial charge is 0.494 e. The van der Waals surface area contributed by atoms with Gasteiger partial charge in [0.05, 0.1) is 11.1 Å². The number of rotatable bonds is 10. The number of hydrogen-bond donors (Lipinski definition) is 0. The van der Waals surface area contributed by atoms with Gasteiger partial charge >= 0.3 is 0 Å². The Hall–Kier alpha value is -0.570. The van der Waals surface area contributed by atoms with Crippen molar-refractivity contribution in [1.82, 2.24) is 0 Å². The second kappa shape index (κ2) is 10.2. The van der Waals surface area contributed by atoms with Crippen molar-refractivity contribution in [3.63, 3.8) is 0 Å². The summed E-state index contributed by atoms with van der Waals surface area (Å²) in [6, 6.07) is 4.78. The molecule has 0 aliphatic heterocycles. The lowest BCUT2D eigenvalue weighted by Gasteiger charge is -2.07. The Kier molecular flexibility index (Phi) is 8.89. The maximum absolute atomic E-state index is 13.0. The molecule has 0 N–H and O–H groups in total. The van der Waals surface area contributed by atoms with Crippen molar-refractivity contribution >= 4 is 15.9 Å². The summed E-state index contributed by atoms with van der Waals surface area (Å²) in [5.41, 5.74) is 0. The fourth-order valence-corrected chi connectivity index (χ4v) is 2.35. The summed E-state index contributed by atoms with van der Waals surface area (Å²) in [6.07, 6.45) is 10.3. The molecule has 0 bridgehead atoms. The number of benzene rings is 1. The van der Waals surface area contributed by atoms with E-state index in [0.717, 1.165) is 12.2 Å². The van der Waals surface area contributed by atoms with E-state index in [-0.39, 0.29) is 5.82 Å². The van der Waals surface area contributed by atoms with Gasteiger partial charge in [-0.2, -0.15) is 0 Å². The van der Waals surface area contributed by atoms with E-state index in [9.17, 15) is 4.39 Å². The van der Waals surface area contributed by atoms with Gasteiger partial charge in [-0.1, -0.05) is 51.9 Å². The van der Waals surface area contributed by atoms with E-state index in [1.165, 1.54) is 51.0 Å². The third-order valence-electron chi connectivity index (χ3n) is 3.16. The van der Waals surface area contributed by atoms with Crippen LogP contribution in [0, 0.1) is 5.82 Å². The zero-order valence-electron chi connectivity index (χ0n) is 11.8. The van der Waals surface area contributed by atoms with Crippen molar-refractivity contribution < 1.29 is 9.13 Å². The molecule has 0 radical (unpaired) electrons. The van der Waals surface area contributed by atoms with Gasteiger partial charge in [0.1, 0.15) is 11.6 Å². The summed E-state index contributed by atoms with van der Waals surface area (Å²) in [4.78, 5) is 0. The van der Waals surface area contributed by atoms with Gasteiger partial charge in [0.2, 0.25) is 0 Å². The van der Waals surface area contributed by atoms with Crippen LogP contribution in [-0.4, -0.2) is 6.61 Å². The lowest BCUT2D eigenvalue weighted by atomic mass is 10.1. The van der Waals surface area contributed by atoms with E-state index in [0.29, 0.717) is 11.1 Å². The summed E-state index contributed by atoms with van der Waals surface area (Å²) in [7, 11) is 0. The summed E-state index contributed by atoms with van der Waals surface area (Å²) in [5.74, 6) is 0.482. The number of unbranched alkanes of at least 4 members (excludes halogenated alkanes) is 7. The molecule has 0 spiro atoms. The quantitative estimate of drug-likeness (QED) is 0.470. The van der Waals surface area contributed by atoms with E-state index in [1.54, 1.807) is 12.1 Å². The number of hydrogen-bond acceptors (Lipinski definition) is 1. The molecule has 0 aromatic heterocycles. The van der Waals surface area contributed by atoms with E-state index >= 15 is 0 Å². The predicted octanol–water partition coefficient (Wildman–Crippen LogP) is 6.11. The highest BCUT2D eigenvalue weighted by Crippen LogP contribution is 2.21. The molecule has 0 amide bonds. The molecule has 0 fully saturated rings. The Labute approximate surface area is 124 Å². The maximum Gasteiger partial charge on any atom is 0.137 e. The highest BCUT2D eigenvalue weighted by Gasteiger charge is 2.00. The van der Waals surface area contributed by atoms with Crippen molar-refractivity contribution in [1.29, 1.82) is 0 Å². The van der Waals surface area contributed by atoms with Gasteiger partial charge in [0.25, 0.3) is 0 Å². The van der Waals surface area contributed by atoms with Gasteiger partial charge in [0.15, 0.2) is 0 Å². The summed E-state index contributed by atoms with van der Waals surface area (Å²) < 4.78 is 19.1. The Morgan fingerprint density at radius 2 is 1.63 bits per heavy atom. The van der Waals surface area contributed by atoms with Crippen LogP contribution in [0.1, 0.15) is 58.3 Å². The number of ether oxygens (including phenoxy) is 1. The van der Waals surface area contributed by atoms with Gasteiger partial charge in [-0.05, 0) is 40.5 Å². The molecule has 3 heteroatoms. The third-order valence-corrected chi connectivity index (χ3v) is 3.77. The Balaban J connectivity index is 2.00. The summed E-state index contributed by atoms with van der Waals surface area (Å²) in [6.45, 7) is 2.96. The SMILES string of the molecule is CCCCCCCCCCOc1ccc(F)c(Br)c1. The highest BCUT2D eigenvalue weighted by molar-refractivity contribution is 9.10. The molecular weight excluding hydrogens is 307 g/mol. The Morgan fingerprint density at radius 1 is 1.00 bits per heavy atom. The molecule has 0 aliphatic carbocycles. The van der Waals surface area contributed by atoms with Crippen LogP contribution in [0.3, 0.4) is 0 Å². The summed E-state index contributed by atoms with van der Waals surface area (Å²) in [5, 5.41) is 0. The molecule has 19 heavy (non-hydrogen) atoms. The van der Waals surface area contributed by atoms with E-state index in [2.05, 4.69) is 22.9 Å². The van der Waals surface area contributed by atoms with Crippen LogP contribution in [0.2, 0.25) is 0 Å². The second-order valence-electron chi connectivity index (χ2n) is 4.90. The first kappa shape index (κ1) is 16.5. The van der Waals surface area contributed by atoms with E-state index < -0.39 is 0 Å². The smallest absolute Gasteiger partial charge is 0.137 e. The lowest BCUT2D eigenvalue weighted by molar-refractivity contribution is 0.303. The molecule has 1 aromatic carbocycles. The molecule has 0 saturated carbocycles. The first-order valence-electron chi connectivity index (χ1n) is 7.32. The van der Waals surface area contributed by atoms with Crippen LogP contribution in [-0.2, 0) is 0 Å². The van der Waals surface area contributed by atoms with Crippen LogP contribution < -0.4 is 4.74 Å². The van der Waals surface area contributed by atoms with Crippen LogP contribution in [0.25, 0.3) is 0 Å². The normalized spacial score (nSPS) is 10.7. The first-order valence-corrected chi connectivity index (χ1v) is 8.11. The Morgan fingerprint density at radius 3 is 2.26 bits per heavy atom. The molecule has 0 atom stereocenters. The molecule has 108 valence electrons. The van der Waals surface area contributed by atoms with Gasteiger partial charge < -0.3 is 4.74 Å². The minimum absolute atomic E-state index is 0.251. The molecule has 0 saturated heterocycles. The average Bonchev–Trinajstić information content (AvgIpc) is 2.41. The zero-order chi connectivity index (χ0) is 13.9. The predicted molar refractivity (Wildman–Crippen MR) is 82.2 cm³/mol. The topological polar surface area (TPSA) is 9.23 Å². The fraction of sp³-hybridized carbons (Fsp3) is 0.625. The second-order valence-corrected chi connectivity index (χ2v) is 5.75. The Bertz CT molecular complexity index is 355. The average molecular weight is 331 g/mol. The van der Waals surface area contributed by atoms with Gasteiger partial charge in [-0.15, -0.1) is 0 Å². The first-order chi connectivity index (χ1) is 9.24. The monoisotopic (exact) mass is 330 g/mol. The van der Waals surface area contributed by atoms with Crippen LogP contribution in [0.15, 0.2) is 22.7 Å². The van der Waals surface area contributed by atoms with Gasteiger partial charge in [0, 0.05) is 0 Å². The third kappa shape index (κ3) is 7.56. The van der Waals surface area contributed by atoms with E-state index in [1.807, 2.05) is 0 Å². The molecule has 0 aliphatic rings. The maximum atomic E-state index is 13.0. The molecule has 1 aromatic rings. The molecule has 1 rings (SSSR count).